The summed E-state index contributed by atoms with van der Waals surface area (Å²) in [6, 6.07) is 0. The third-order valence-corrected chi connectivity index (χ3v) is 1.83. The molecule has 0 bridgehead atoms. The van der Waals surface area contributed by atoms with Gasteiger partial charge in [0.1, 0.15) is 0 Å². The van der Waals surface area contributed by atoms with E-state index in [1.807, 2.05) is 0 Å². The SMILES string of the molecule is O=C(NCCCCl)C1CC1. The number of amides is 1. The van der Waals surface area contributed by atoms with Crippen molar-refractivity contribution in [3.05, 3.63) is 0 Å². The highest BCUT2D eigenvalue weighted by atomic mass is 35.5. The number of hydrogen-bond donors (Lipinski definition) is 1. The summed E-state index contributed by atoms with van der Waals surface area (Å²) in [5, 5.41) is 2.82. The lowest BCUT2D eigenvalue weighted by Gasteiger charge is -2.00. The first-order valence-electron chi connectivity index (χ1n) is 3.68. The van der Waals surface area contributed by atoms with Crippen LogP contribution in [0.3, 0.4) is 0 Å². The fourth-order valence-corrected chi connectivity index (χ4v) is 0.902. The Balaban J connectivity index is 1.95. The van der Waals surface area contributed by atoms with Crippen LogP contribution < -0.4 is 5.32 Å². The van der Waals surface area contributed by atoms with Gasteiger partial charge in [-0.25, -0.2) is 0 Å². The predicted octanol–water partition coefficient (Wildman–Crippen LogP) is 1.14. The van der Waals surface area contributed by atoms with Gasteiger partial charge in [0.2, 0.25) is 5.91 Å². The lowest BCUT2D eigenvalue weighted by atomic mass is 10.4. The predicted molar refractivity (Wildman–Crippen MR) is 41.1 cm³/mol. The minimum Gasteiger partial charge on any atom is -0.356 e. The third-order valence-electron chi connectivity index (χ3n) is 1.56. The van der Waals surface area contributed by atoms with Gasteiger partial charge in [-0.1, -0.05) is 0 Å². The molecule has 0 saturated heterocycles. The van der Waals surface area contributed by atoms with E-state index in [9.17, 15) is 4.79 Å². The van der Waals surface area contributed by atoms with Gasteiger partial charge >= 0.3 is 0 Å². The maximum atomic E-state index is 10.9. The first-order chi connectivity index (χ1) is 4.84. The molecule has 3 heteroatoms. The van der Waals surface area contributed by atoms with Crippen LogP contribution in [-0.4, -0.2) is 18.3 Å². The Morgan fingerprint density at radius 1 is 1.60 bits per heavy atom. The number of rotatable bonds is 4. The summed E-state index contributed by atoms with van der Waals surface area (Å²) in [6.45, 7) is 0.735. The molecule has 58 valence electrons. The molecule has 1 amide bonds. The first kappa shape index (κ1) is 7.86. The molecule has 1 aliphatic rings. The fraction of sp³-hybridized carbons (Fsp3) is 0.857. The average molecular weight is 162 g/mol. The molecule has 0 heterocycles. The van der Waals surface area contributed by atoms with Crippen molar-refractivity contribution in [3.63, 3.8) is 0 Å². The van der Waals surface area contributed by atoms with Crippen LogP contribution in [0.4, 0.5) is 0 Å². The van der Waals surface area contributed by atoms with Crippen molar-refractivity contribution < 1.29 is 4.79 Å². The summed E-state index contributed by atoms with van der Waals surface area (Å²) in [6.07, 6.45) is 3.03. The summed E-state index contributed by atoms with van der Waals surface area (Å²) < 4.78 is 0. The van der Waals surface area contributed by atoms with Crippen LogP contribution in [0.25, 0.3) is 0 Å². The Kier molecular flexibility index (Phi) is 3.00. The molecule has 0 aromatic heterocycles. The second-order valence-corrected chi connectivity index (χ2v) is 2.99. The van der Waals surface area contributed by atoms with Crippen LogP contribution in [0.2, 0.25) is 0 Å². The van der Waals surface area contributed by atoms with Gasteiger partial charge in [-0.05, 0) is 19.3 Å². The van der Waals surface area contributed by atoms with E-state index in [2.05, 4.69) is 5.32 Å². The number of carbonyl (C=O) groups excluding carboxylic acids is 1. The van der Waals surface area contributed by atoms with Crippen molar-refractivity contribution in [3.8, 4) is 0 Å². The van der Waals surface area contributed by atoms with Crippen molar-refractivity contribution in [2.75, 3.05) is 12.4 Å². The Hall–Kier alpha value is -0.240. The quantitative estimate of drug-likeness (QED) is 0.486. The maximum absolute atomic E-state index is 10.9. The molecule has 1 fully saturated rings. The highest BCUT2D eigenvalue weighted by molar-refractivity contribution is 6.17. The number of carbonyl (C=O) groups is 1. The van der Waals surface area contributed by atoms with Crippen LogP contribution in [-0.2, 0) is 4.79 Å². The molecule has 0 atom stereocenters. The highest BCUT2D eigenvalue weighted by Crippen LogP contribution is 2.28. The van der Waals surface area contributed by atoms with Gasteiger partial charge in [0.15, 0.2) is 0 Å². The topological polar surface area (TPSA) is 29.1 Å². The Bertz CT molecular complexity index is 123. The molecular weight excluding hydrogens is 150 g/mol. The Morgan fingerprint density at radius 2 is 2.30 bits per heavy atom. The van der Waals surface area contributed by atoms with Gasteiger partial charge in [-0.2, -0.15) is 0 Å². The van der Waals surface area contributed by atoms with Crippen LogP contribution in [0.1, 0.15) is 19.3 Å². The molecule has 0 unspecified atom stereocenters. The van der Waals surface area contributed by atoms with E-state index in [1.165, 1.54) is 0 Å². The van der Waals surface area contributed by atoms with E-state index in [0.717, 1.165) is 25.8 Å². The summed E-state index contributed by atoms with van der Waals surface area (Å²) >= 11 is 5.43. The maximum Gasteiger partial charge on any atom is 0.223 e. The van der Waals surface area contributed by atoms with Crippen LogP contribution in [0.5, 0.6) is 0 Å². The zero-order valence-corrected chi connectivity index (χ0v) is 6.66. The number of hydrogen-bond acceptors (Lipinski definition) is 1. The third kappa shape index (κ3) is 2.56. The monoisotopic (exact) mass is 161 g/mol. The van der Waals surface area contributed by atoms with Crippen LogP contribution >= 0.6 is 11.6 Å². The van der Waals surface area contributed by atoms with Gasteiger partial charge < -0.3 is 5.32 Å². The van der Waals surface area contributed by atoms with E-state index >= 15 is 0 Å². The second kappa shape index (κ2) is 3.81. The number of nitrogens with one attached hydrogen (secondary N) is 1. The Labute approximate surface area is 65.9 Å². The van der Waals surface area contributed by atoms with E-state index < -0.39 is 0 Å². The van der Waals surface area contributed by atoms with Crippen molar-refractivity contribution in [1.29, 1.82) is 0 Å². The van der Waals surface area contributed by atoms with E-state index in [4.69, 9.17) is 11.6 Å². The molecule has 1 saturated carbocycles. The normalized spacial score (nSPS) is 16.9. The minimum atomic E-state index is 0.213. The fourth-order valence-electron chi connectivity index (χ4n) is 0.768. The van der Waals surface area contributed by atoms with Gasteiger partial charge in [0, 0.05) is 18.3 Å². The van der Waals surface area contributed by atoms with Gasteiger partial charge in [0.05, 0.1) is 0 Å². The molecule has 0 aromatic carbocycles. The molecule has 0 radical (unpaired) electrons. The molecule has 1 N–H and O–H groups in total. The second-order valence-electron chi connectivity index (χ2n) is 2.61. The minimum absolute atomic E-state index is 0.213. The summed E-state index contributed by atoms with van der Waals surface area (Å²) in [7, 11) is 0. The number of halogens is 1. The van der Waals surface area contributed by atoms with Crippen LogP contribution in [0.15, 0.2) is 0 Å². The van der Waals surface area contributed by atoms with E-state index in [-0.39, 0.29) is 5.91 Å². The van der Waals surface area contributed by atoms with Crippen molar-refractivity contribution >= 4 is 17.5 Å². The lowest BCUT2D eigenvalue weighted by molar-refractivity contribution is -0.122. The molecule has 0 spiro atoms. The van der Waals surface area contributed by atoms with Crippen molar-refractivity contribution in [2.45, 2.75) is 19.3 Å². The molecule has 0 aromatic rings. The van der Waals surface area contributed by atoms with Crippen LogP contribution in [0, 0.1) is 5.92 Å². The van der Waals surface area contributed by atoms with Gasteiger partial charge in [-0.15, -0.1) is 11.6 Å². The molecular formula is C7H12ClNO. The number of alkyl halides is 1. The molecule has 2 nitrogen and oxygen atoms in total. The summed E-state index contributed by atoms with van der Waals surface area (Å²) in [4.78, 5) is 10.9. The molecule has 1 rings (SSSR count). The standard InChI is InChI=1S/C7H12ClNO/c8-4-1-5-9-7(10)6-2-3-6/h6H,1-5H2,(H,9,10). The smallest absolute Gasteiger partial charge is 0.223 e. The zero-order valence-electron chi connectivity index (χ0n) is 5.90. The zero-order chi connectivity index (χ0) is 7.40. The Morgan fingerprint density at radius 3 is 2.80 bits per heavy atom. The first-order valence-corrected chi connectivity index (χ1v) is 4.21. The average Bonchev–Trinajstić information content (AvgIpc) is 2.69. The highest BCUT2D eigenvalue weighted by Gasteiger charge is 2.28. The summed E-state index contributed by atoms with van der Waals surface area (Å²) in [5.74, 6) is 1.17. The summed E-state index contributed by atoms with van der Waals surface area (Å²) in [5.41, 5.74) is 0. The van der Waals surface area contributed by atoms with E-state index in [1.54, 1.807) is 0 Å². The van der Waals surface area contributed by atoms with E-state index in [0.29, 0.717) is 11.8 Å². The lowest BCUT2D eigenvalue weighted by Crippen LogP contribution is -2.25. The molecule has 0 aliphatic heterocycles. The van der Waals surface area contributed by atoms with Gasteiger partial charge in [0.25, 0.3) is 0 Å². The largest absolute Gasteiger partial charge is 0.356 e. The van der Waals surface area contributed by atoms with Crippen molar-refractivity contribution in [1.82, 2.24) is 5.32 Å². The van der Waals surface area contributed by atoms with Crippen molar-refractivity contribution in [2.24, 2.45) is 5.92 Å². The molecule has 10 heavy (non-hydrogen) atoms. The van der Waals surface area contributed by atoms with Gasteiger partial charge in [-0.3, -0.25) is 4.79 Å². The molecule has 1 aliphatic carbocycles.